The molecular formula is C45H73N5O9. The standard InChI is InChI=1S/C45H73N5O9/c1-30(2)26-34(47-42(55)59-43(5,6)7)23-22-33(27-32-18-13-12-14-19-32)39(52)49-25-17-21-37(49)38(51)48-36(40(53)57-31(3)4)20-15-16-24-46-41(54)58-35-28-44(8,9)50(56)45(10,11)29-35/h12-14,18-19,22-23,30-31,33-37,56H,15-17,20-21,24-29H2,1-11H3,(H,46,54)(H,47,55)(H,48,51)/b23-22+/t33-,34-,36+,37+/m1/s1. The predicted octanol–water partition coefficient (Wildman–Crippen LogP) is 7.08. The fraction of sp³-hybridized carbons (Fsp3) is 0.711. The number of carbonyl (C=O) groups is 5. The number of benzene rings is 1. The normalized spacial score (nSPS) is 19.9. The number of nitrogens with zero attached hydrogens (tertiary/aromatic N) is 2. The molecule has 1 aromatic rings. The number of piperidine rings is 1. The maximum absolute atomic E-state index is 14.4. The van der Waals surface area contributed by atoms with Crippen molar-refractivity contribution in [1.29, 1.82) is 0 Å². The molecule has 2 fully saturated rings. The molecule has 0 spiro atoms. The highest BCUT2D eigenvalue weighted by Gasteiger charge is 2.46. The van der Waals surface area contributed by atoms with Crippen molar-refractivity contribution in [3.8, 4) is 0 Å². The van der Waals surface area contributed by atoms with E-state index < -0.39 is 64.8 Å². The Morgan fingerprint density at radius 2 is 1.56 bits per heavy atom. The van der Waals surface area contributed by atoms with Gasteiger partial charge in [-0.05, 0) is 119 Å². The van der Waals surface area contributed by atoms with Crippen LogP contribution in [0.15, 0.2) is 42.5 Å². The molecule has 3 rings (SSSR count). The number of alkyl carbamates (subject to hydrolysis) is 2. The van der Waals surface area contributed by atoms with Gasteiger partial charge in [-0.2, -0.15) is 5.06 Å². The fourth-order valence-electron chi connectivity index (χ4n) is 7.99. The van der Waals surface area contributed by atoms with Crippen LogP contribution in [0.2, 0.25) is 0 Å². The smallest absolute Gasteiger partial charge is 0.408 e. The molecule has 0 saturated carbocycles. The lowest BCUT2D eigenvalue weighted by molar-refractivity contribution is -0.256. The number of ether oxygens (including phenoxy) is 3. The van der Waals surface area contributed by atoms with E-state index >= 15 is 0 Å². The molecule has 14 nitrogen and oxygen atoms in total. The Morgan fingerprint density at radius 1 is 0.915 bits per heavy atom. The van der Waals surface area contributed by atoms with Gasteiger partial charge in [-0.3, -0.25) is 9.59 Å². The van der Waals surface area contributed by atoms with E-state index in [0.717, 1.165) is 5.56 Å². The van der Waals surface area contributed by atoms with Crippen LogP contribution in [0.1, 0.15) is 133 Å². The summed E-state index contributed by atoms with van der Waals surface area (Å²) in [6, 6.07) is 7.55. The van der Waals surface area contributed by atoms with Crippen LogP contribution in [-0.2, 0) is 35.0 Å². The molecule has 59 heavy (non-hydrogen) atoms. The van der Waals surface area contributed by atoms with Crippen LogP contribution in [0.5, 0.6) is 0 Å². The zero-order valence-corrected chi connectivity index (χ0v) is 37.5. The molecule has 0 aliphatic carbocycles. The fourth-order valence-corrected chi connectivity index (χ4v) is 7.99. The predicted molar refractivity (Wildman–Crippen MR) is 226 cm³/mol. The third kappa shape index (κ3) is 16.4. The second-order valence-electron chi connectivity index (χ2n) is 19.1. The summed E-state index contributed by atoms with van der Waals surface area (Å²) in [7, 11) is 0. The van der Waals surface area contributed by atoms with Crippen molar-refractivity contribution in [1.82, 2.24) is 25.9 Å². The summed E-state index contributed by atoms with van der Waals surface area (Å²) in [6.45, 7) is 21.3. The van der Waals surface area contributed by atoms with Gasteiger partial charge in [0, 0.05) is 37.0 Å². The molecule has 4 amide bonds. The average Bonchev–Trinajstić information content (AvgIpc) is 3.60. The lowest BCUT2D eigenvalue weighted by atomic mass is 9.80. The third-order valence-corrected chi connectivity index (χ3v) is 10.5. The minimum Gasteiger partial charge on any atom is -0.461 e. The number of rotatable bonds is 18. The summed E-state index contributed by atoms with van der Waals surface area (Å²) in [4.78, 5) is 68.6. The molecule has 0 bridgehead atoms. The zero-order chi connectivity index (χ0) is 44.1. The second-order valence-corrected chi connectivity index (χ2v) is 19.1. The van der Waals surface area contributed by atoms with Crippen molar-refractivity contribution in [2.45, 2.75) is 181 Å². The van der Waals surface area contributed by atoms with E-state index in [1.165, 1.54) is 5.06 Å². The second kappa shape index (κ2) is 21.9. The largest absolute Gasteiger partial charge is 0.461 e. The van der Waals surface area contributed by atoms with Crippen LogP contribution in [0.4, 0.5) is 9.59 Å². The van der Waals surface area contributed by atoms with Crippen molar-refractivity contribution >= 4 is 30.0 Å². The minimum atomic E-state index is -0.946. The number of hydrogen-bond donors (Lipinski definition) is 4. The molecule has 2 saturated heterocycles. The van der Waals surface area contributed by atoms with Gasteiger partial charge >= 0.3 is 18.2 Å². The minimum absolute atomic E-state index is 0.211. The molecule has 0 aromatic heterocycles. The number of hydrogen-bond acceptors (Lipinski definition) is 10. The molecule has 2 aliphatic rings. The number of esters is 1. The Bertz CT molecular complexity index is 1550. The van der Waals surface area contributed by atoms with Crippen LogP contribution in [0.3, 0.4) is 0 Å². The SMILES string of the molecule is CC(C)C[C@@H](/C=C/[C@H](Cc1ccccc1)C(=O)N1CCC[C@H]1C(=O)N[C@@H](CCCCNC(=O)OC1CC(C)(C)N(O)C(C)(C)C1)C(=O)OC(C)C)NC(=O)OC(C)(C)C. The van der Waals surface area contributed by atoms with Gasteiger partial charge in [0.05, 0.1) is 18.1 Å². The van der Waals surface area contributed by atoms with E-state index in [0.29, 0.717) is 64.5 Å². The van der Waals surface area contributed by atoms with E-state index in [4.69, 9.17) is 14.2 Å². The van der Waals surface area contributed by atoms with Crippen LogP contribution in [0, 0.1) is 11.8 Å². The molecule has 0 unspecified atom stereocenters. The van der Waals surface area contributed by atoms with Crippen molar-refractivity contribution in [2.24, 2.45) is 11.8 Å². The molecule has 4 N–H and O–H groups in total. The van der Waals surface area contributed by atoms with Crippen LogP contribution < -0.4 is 16.0 Å². The van der Waals surface area contributed by atoms with Crippen LogP contribution >= 0.6 is 0 Å². The summed E-state index contributed by atoms with van der Waals surface area (Å²) in [5, 5.41) is 20.5. The van der Waals surface area contributed by atoms with Gasteiger partial charge in [0.1, 0.15) is 23.8 Å². The molecule has 2 aliphatic heterocycles. The first-order valence-corrected chi connectivity index (χ1v) is 21.4. The summed E-state index contributed by atoms with van der Waals surface area (Å²) < 4.78 is 16.7. The third-order valence-electron chi connectivity index (χ3n) is 10.5. The number of likely N-dealkylation sites (tertiary alicyclic amines) is 1. The molecule has 332 valence electrons. The Labute approximate surface area is 352 Å². The lowest BCUT2D eigenvalue weighted by Crippen LogP contribution is -2.60. The highest BCUT2D eigenvalue weighted by Crippen LogP contribution is 2.38. The Balaban J connectivity index is 1.68. The summed E-state index contributed by atoms with van der Waals surface area (Å²) >= 11 is 0. The maximum atomic E-state index is 14.4. The summed E-state index contributed by atoms with van der Waals surface area (Å²) in [5.74, 6) is -1.57. The highest BCUT2D eigenvalue weighted by atomic mass is 16.6. The number of unbranched alkanes of at least 4 members (excludes halogenated alkanes) is 1. The van der Waals surface area contributed by atoms with Gasteiger partial charge in [0.25, 0.3) is 0 Å². The van der Waals surface area contributed by atoms with Gasteiger partial charge in [0.2, 0.25) is 11.8 Å². The molecule has 0 radical (unpaired) electrons. The van der Waals surface area contributed by atoms with E-state index in [2.05, 4.69) is 29.8 Å². The van der Waals surface area contributed by atoms with Crippen LogP contribution in [0.25, 0.3) is 0 Å². The zero-order valence-electron chi connectivity index (χ0n) is 37.5. The Morgan fingerprint density at radius 3 is 2.15 bits per heavy atom. The summed E-state index contributed by atoms with van der Waals surface area (Å²) in [6.07, 6.45) is 6.20. The van der Waals surface area contributed by atoms with Crippen molar-refractivity contribution < 1.29 is 43.4 Å². The van der Waals surface area contributed by atoms with E-state index in [-0.39, 0.29) is 30.4 Å². The molecule has 2 heterocycles. The number of nitrogens with one attached hydrogen (secondary N) is 3. The van der Waals surface area contributed by atoms with Gasteiger partial charge in [0.15, 0.2) is 0 Å². The molecule has 4 atom stereocenters. The van der Waals surface area contributed by atoms with E-state index in [1.54, 1.807) is 39.5 Å². The Kier molecular flexibility index (Phi) is 18.3. The van der Waals surface area contributed by atoms with Gasteiger partial charge in [-0.25, -0.2) is 14.4 Å². The average molecular weight is 828 g/mol. The van der Waals surface area contributed by atoms with Gasteiger partial charge < -0.3 is 40.3 Å². The monoisotopic (exact) mass is 828 g/mol. The highest BCUT2D eigenvalue weighted by molar-refractivity contribution is 5.92. The quantitative estimate of drug-likeness (QED) is 0.0518. The van der Waals surface area contributed by atoms with Crippen molar-refractivity contribution in [3.05, 3.63) is 48.0 Å². The van der Waals surface area contributed by atoms with E-state index in [9.17, 15) is 29.2 Å². The topological polar surface area (TPSA) is 176 Å². The first-order valence-electron chi connectivity index (χ1n) is 21.4. The Hall–Kier alpha value is -4.17. The van der Waals surface area contributed by atoms with Crippen molar-refractivity contribution in [3.63, 3.8) is 0 Å². The van der Waals surface area contributed by atoms with Gasteiger partial charge in [-0.1, -0.05) is 56.3 Å². The van der Waals surface area contributed by atoms with Crippen LogP contribution in [-0.4, -0.2) is 105 Å². The first-order chi connectivity index (χ1) is 27.5. The number of carbonyl (C=O) groups excluding carboxylic acids is 5. The summed E-state index contributed by atoms with van der Waals surface area (Å²) in [5.41, 5.74) is -0.824. The molecule has 14 heteroatoms. The lowest BCUT2D eigenvalue weighted by Gasteiger charge is -2.50. The number of amides is 4. The van der Waals surface area contributed by atoms with Crippen molar-refractivity contribution in [2.75, 3.05) is 13.1 Å². The molecular weight excluding hydrogens is 755 g/mol. The van der Waals surface area contributed by atoms with E-state index in [1.807, 2.05) is 70.2 Å². The van der Waals surface area contributed by atoms with Gasteiger partial charge in [-0.15, -0.1) is 0 Å². The number of hydroxylamine groups is 2. The maximum Gasteiger partial charge on any atom is 0.408 e. The molecule has 1 aromatic carbocycles. The first kappa shape index (κ1) is 49.2.